The molecular formula is C18H28N6O. The maximum atomic E-state index is 12.3. The van der Waals surface area contributed by atoms with Crippen LogP contribution in [0.5, 0.6) is 0 Å². The molecule has 0 unspecified atom stereocenters. The van der Waals surface area contributed by atoms with E-state index in [2.05, 4.69) is 15.1 Å². The number of nitrogens with one attached hydrogen (secondary N) is 1. The third-order valence-corrected chi connectivity index (χ3v) is 5.40. The van der Waals surface area contributed by atoms with E-state index in [0.29, 0.717) is 6.54 Å². The largest absolute Gasteiger partial charge is 0.361 e. The Morgan fingerprint density at radius 2 is 1.60 bits per heavy atom. The minimum atomic E-state index is 0.168. The molecule has 1 aromatic heterocycles. The Balaban J connectivity index is 1.49. The van der Waals surface area contributed by atoms with Crippen molar-refractivity contribution < 1.29 is 4.79 Å². The van der Waals surface area contributed by atoms with Gasteiger partial charge in [-0.05, 0) is 38.5 Å². The normalized spacial score (nSPS) is 20.6. The third-order valence-electron chi connectivity index (χ3n) is 5.40. The Hall–Kier alpha value is -2.05. The smallest absolute Gasteiger partial charge is 0.241 e. The number of carbonyl (C=O) groups excluding carboxylic acids is 1. The van der Waals surface area contributed by atoms with Crippen LogP contribution in [0.2, 0.25) is 0 Å². The minimum absolute atomic E-state index is 0.168. The fourth-order valence-electron chi connectivity index (χ4n) is 3.92. The first kappa shape index (κ1) is 16.4. The molecule has 4 heterocycles. The number of likely N-dealkylation sites (tertiary alicyclic amines) is 1. The lowest BCUT2D eigenvalue weighted by Crippen LogP contribution is -2.33. The lowest BCUT2D eigenvalue weighted by molar-refractivity contribution is -0.128. The van der Waals surface area contributed by atoms with Gasteiger partial charge >= 0.3 is 0 Å². The molecule has 0 aromatic carbocycles. The van der Waals surface area contributed by atoms with E-state index >= 15 is 0 Å². The van der Waals surface area contributed by atoms with Crippen molar-refractivity contribution in [2.24, 2.45) is 0 Å². The number of nitrogens with zero attached hydrogens (tertiary/aromatic N) is 5. The van der Waals surface area contributed by atoms with Gasteiger partial charge in [-0.15, -0.1) is 0 Å². The van der Waals surface area contributed by atoms with Crippen LogP contribution >= 0.6 is 0 Å². The number of hydrogen-bond donors (Lipinski definition) is 1. The molecule has 7 heteroatoms. The highest BCUT2D eigenvalue weighted by molar-refractivity contribution is 5.81. The predicted molar refractivity (Wildman–Crippen MR) is 99.2 cm³/mol. The zero-order valence-corrected chi connectivity index (χ0v) is 14.9. The van der Waals surface area contributed by atoms with Crippen molar-refractivity contribution >= 4 is 23.5 Å². The summed E-state index contributed by atoms with van der Waals surface area (Å²) in [6.45, 7) is 6.26. The Morgan fingerprint density at radius 1 is 0.960 bits per heavy atom. The van der Waals surface area contributed by atoms with E-state index in [1.165, 1.54) is 25.7 Å². The molecule has 0 aliphatic carbocycles. The van der Waals surface area contributed by atoms with Crippen LogP contribution < -0.4 is 15.1 Å². The molecule has 3 aliphatic rings. The Morgan fingerprint density at radius 3 is 2.32 bits per heavy atom. The molecule has 1 aromatic rings. The SMILES string of the molecule is O=C(CNc1cc(N2CCCC2)n[14c](N2CCCC2)n1)N1CCCC1. The standard InChI is InChI=1S/C18H28N6O/c25-17(23-9-3-4-10-23)14-19-15-13-16(22-7-1-2-8-22)21-18(20-15)24-11-5-6-12-24/h13H,1-12,14H2,(H,19,20,21)/i18+2. The van der Waals surface area contributed by atoms with Gasteiger partial charge in [-0.3, -0.25) is 4.79 Å². The molecule has 3 aliphatic heterocycles. The molecule has 0 spiro atoms. The van der Waals surface area contributed by atoms with Crippen molar-refractivity contribution in [2.75, 3.05) is 60.9 Å². The van der Waals surface area contributed by atoms with Crippen LogP contribution in [0.4, 0.5) is 17.6 Å². The van der Waals surface area contributed by atoms with E-state index in [9.17, 15) is 4.79 Å². The molecule has 3 saturated heterocycles. The minimum Gasteiger partial charge on any atom is -0.361 e. The zero-order chi connectivity index (χ0) is 17.1. The van der Waals surface area contributed by atoms with Gasteiger partial charge in [0.1, 0.15) is 11.6 Å². The van der Waals surface area contributed by atoms with Gasteiger partial charge in [0.25, 0.3) is 0 Å². The number of amides is 1. The summed E-state index contributed by atoms with van der Waals surface area (Å²) in [5, 5.41) is 3.25. The molecule has 1 amide bonds. The Labute approximate surface area is 149 Å². The fraction of sp³-hybridized carbons (Fsp3) is 0.722. The van der Waals surface area contributed by atoms with Crippen LogP contribution in [-0.2, 0) is 4.79 Å². The summed E-state index contributed by atoms with van der Waals surface area (Å²) < 4.78 is 0. The maximum absolute atomic E-state index is 12.3. The molecule has 0 bridgehead atoms. The number of anilines is 3. The highest BCUT2D eigenvalue weighted by atomic mass is 16.2. The fourth-order valence-corrected chi connectivity index (χ4v) is 3.92. The first-order chi connectivity index (χ1) is 12.3. The van der Waals surface area contributed by atoms with Crippen LogP contribution in [-0.4, -0.2) is 66.6 Å². The number of hydrogen-bond acceptors (Lipinski definition) is 6. The van der Waals surface area contributed by atoms with Crippen LogP contribution in [0.25, 0.3) is 0 Å². The van der Waals surface area contributed by atoms with Crippen LogP contribution in [0, 0.1) is 0 Å². The van der Waals surface area contributed by atoms with Crippen molar-refractivity contribution in [1.29, 1.82) is 0 Å². The second kappa shape index (κ2) is 7.45. The highest BCUT2D eigenvalue weighted by Crippen LogP contribution is 2.25. The van der Waals surface area contributed by atoms with E-state index in [0.717, 1.165) is 69.7 Å². The quantitative estimate of drug-likeness (QED) is 0.876. The summed E-state index contributed by atoms with van der Waals surface area (Å²) in [6, 6.07) is 2.00. The molecule has 136 valence electrons. The monoisotopic (exact) mass is 346 g/mol. The topological polar surface area (TPSA) is 64.6 Å². The second-order valence-electron chi connectivity index (χ2n) is 7.24. The van der Waals surface area contributed by atoms with Crippen molar-refractivity contribution in [2.45, 2.75) is 38.5 Å². The van der Waals surface area contributed by atoms with Gasteiger partial charge in [-0.25, -0.2) is 0 Å². The third kappa shape index (κ3) is 3.80. The van der Waals surface area contributed by atoms with Crippen LogP contribution in [0.3, 0.4) is 0 Å². The molecule has 25 heavy (non-hydrogen) atoms. The van der Waals surface area contributed by atoms with Gasteiger partial charge < -0.3 is 20.0 Å². The summed E-state index contributed by atoms with van der Waals surface area (Å²) in [5.74, 6) is 2.73. The van der Waals surface area contributed by atoms with E-state index in [-0.39, 0.29) is 5.91 Å². The van der Waals surface area contributed by atoms with Gasteiger partial charge in [0.2, 0.25) is 11.9 Å². The van der Waals surface area contributed by atoms with E-state index in [4.69, 9.17) is 9.97 Å². The Bertz CT molecular complexity index is 569. The molecule has 4 rings (SSSR count). The number of rotatable bonds is 5. The summed E-state index contributed by atoms with van der Waals surface area (Å²) in [7, 11) is 0. The molecule has 0 saturated carbocycles. The molecule has 0 atom stereocenters. The molecular weight excluding hydrogens is 318 g/mol. The van der Waals surface area contributed by atoms with E-state index in [1.54, 1.807) is 0 Å². The van der Waals surface area contributed by atoms with Gasteiger partial charge in [0.05, 0.1) is 6.54 Å². The Kier molecular flexibility index (Phi) is 4.90. The summed E-state index contributed by atoms with van der Waals surface area (Å²) in [4.78, 5) is 28.3. The van der Waals surface area contributed by atoms with Crippen LogP contribution in [0.15, 0.2) is 6.07 Å². The van der Waals surface area contributed by atoms with Gasteiger partial charge in [0.15, 0.2) is 0 Å². The molecule has 7 nitrogen and oxygen atoms in total. The van der Waals surface area contributed by atoms with Crippen molar-refractivity contribution in [3.63, 3.8) is 0 Å². The number of carbonyl (C=O) groups is 1. The van der Waals surface area contributed by atoms with E-state index in [1.807, 2.05) is 11.0 Å². The van der Waals surface area contributed by atoms with Gasteiger partial charge in [-0.2, -0.15) is 9.97 Å². The lowest BCUT2D eigenvalue weighted by Gasteiger charge is -2.22. The zero-order valence-electron chi connectivity index (χ0n) is 14.9. The summed E-state index contributed by atoms with van der Waals surface area (Å²) in [5.41, 5.74) is 0. The second-order valence-corrected chi connectivity index (χ2v) is 7.24. The summed E-state index contributed by atoms with van der Waals surface area (Å²) >= 11 is 0. The average molecular weight is 346 g/mol. The van der Waals surface area contributed by atoms with Crippen molar-refractivity contribution in [1.82, 2.24) is 14.9 Å². The van der Waals surface area contributed by atoms with Crippen molar-refractivity contribution in [3.05, 3.63) is 6.07 Å². The van der Waals surface area contributed by atoms with Crippen LogP contribution in [0.1, 0.15) is 38.5 Å². The highest BCUT2D eigenvalue weighted by Gasteiger charge is 2.21. The van der Waals surface area contributed by atoms with Crippen molar-refractivity contribution in [3.8, 4) is 0 Å². The van der Waals surface area contributed by atoms with Gasteiger partial charge in [0, 0.05) is 45.3 Å². The average Bonchev–Trinajstić information content (AvgIpc) is 3.42. The molecule has 3 fully saturated rings. The lowest BCUT2D eigenvalue weighted by atomic mass is 10.4. The first-order valence-corrected chi connectivity index (χ1v) is 9.70. The predicted octanol–water partition coefficient (Wildman–Crippen LogP) is 1.71. The van der Waals surface area contributed by atoms with Gasteiger partial charge in [-0.1, -0.05) is 0 Å². The molecule has 0 radical (unpaired) electrons. The number of aromatic nitrogens is 2. The van der Waals surface area contributed by atoms with E-state index < -0.39 is 0 Å². The maximum Gasteiger partial charge on any atom is 0.241 e. The first-order valence-electron chi connectivity index (χ1n) is 9.70. The molecule has 1 N–H and O–H groups in total. The summed E-state index contributed by atoms with van der Waals surface area (Å²) in [6.07, 6.45) is 7.09.